The van der Waals surface area contributed by atoms with Crippen LogP contribution in [0.5, 0.6) is 0 Å². The van der Waals surface area contributed by atoms with E-state index in [0.29, 0.717) is 0 Å². The molecule has 0 N–H and O–H groups in total. The van der Waals surface area contributed by atoms with Crippen LogP contribution in [0.1, 0.15) is 102 Å². The minimum atomic E-state index is 0.939. The lowest BCUT2D eigenvalue weighted by molar-refractivity contribution is 0.609. The largest absolute Gasteiger partial charge is 0.0654 e. The van der Waals surface area contributed by atoms with Crippen molar-refractivity contribution in [2.45, 2.75) is 104 Å². The summed E-state index contributed by atoms with van der Waals surface area (Å²) in [6, 6.07) is 102. The third-order valence-electron chi connectivity index (χ3n) is 17.1. The molecule has 0 atom stereocenters. The summed E-state index contributed by atoms with van der Waals surface area (Å²) in [5.41, 5.74) is 2.78. The Bertz CT molecular complexity index is 4480. The summed E-state index contributed by atoms with van der Waals surface area (Å²) in [4.78, 5) is 0. The molecule has 13 aromatic carbocycles. The number of aryl methyl sites for hydroxylation is 2. The van der Waals surface area contributed by atoms with Crippen molar-refractivity contribution in [3.05, 3.63) is 254 Å². The quantitative estimate of drug-likeness (QED) is 0.0752. The zero-order valence-corrected chi connectivity index (χ0v) is 47.2. The normalized spacial score (nSPS) is 11.2. The van der Waals surface area contributed by atoms with Gasteiger partial charge in [0.2, 0.25) is 0 Å². The summed E-state index contributed by atoms with van der Waals surface area (Å²) in [6.07, 6.45) is 16.9. The van der Waals surface area contributed by atoms with Gasteiger partial charge in [0, 0.05) is 43.1 Å². The SMILES string of the molecule is CCCCCCCCc1c2cccc3c#cc4cccc5cc6cccc(c#cc#cc7cccc8cc9cccc(c#cc%10cccc%11c(CCCCCCCC)c%12cccc(c#cc%13cccc1c%13cc32)c%12cc%10%11)c9cc78)c6cc45. The maximum absolute atomic E-state index is 3.81. The number of hydrogen-bond donors (Lipinski definition) is 0. The highest BCUT2D eigenvalue weighted by Crippen LogP contribution is 2.37. The molecule has 8 bridgehead atoms. The van der Waals surface area contributed by atoms with E-state index in [4.69, 9.17) is 0 Å². The standard InChI is InChI=1S/C82H64/c1-3-5-7-9-11-13-39-69-71-41-21-31-61-47-45-59-29-19-37-67-51-65-35-17-27-57(75(65)53-77(59)67)25-15-16-26-58-28-18-36-66-52-68-38-20-30-60(78(68)54-76(58)66)46-48-62-32-22-42-72-70(40-14-12-10-8-6-4-2)74-44-24-34-64(82(74)56-80(62)72)50-49-63-33-23-43-73(69)81(63)55-79(61)71/h17-24,27-38,41-44,51-56H,3-14,39-40H2,1-2H3. The molecule has 0 nitrogen and oxygen atoms in total. The highest BCUT2D eigenvalue weighted by molar-refractivity contribution is 6.16. The molecular weight excluding hydrogens is 985 g/mol. The summed E-state index contributed by atoms with van der Waals surface area (Å²) in [5, 5.41) is 26.7. The topological polar surface area (TPSA) is 0 Å². The zero-order valence-electron chi connectivity index (χ0n) is 47.2. The van der Waals surface area contributed by atoms with E-state index in [-0.39, 0.29) is 0 Å². The van der Waals surface area contributed by atoms with Gasteiger partial charge < -0.3 is 0 Å². The second-order valence-corrected chi connectivity index (χ2v) is 22.4. The summed E-state index contributed by atoms with van der Waals surface area (Å²) in [7, 11) is 0. The van der Waals surface area contributed by atoms with Crippen LogP contribution >= 0.6 is 0 Å². The van der Waals surface area contributed by atoms with Crippen molar-refractivity contribution < 1.29 is 0 Å². The van der Waals surface area contributed by atoms with Crippen LogP contribution in [-0.2, 0) is 12.8 Å². The molecule has 82 heavy (non-hydrogen) atoms. The molecule has 0 fully saturated rings. The van der Waals surface area contributed by atoms with Crippen LogP contribution in [-0.4, -0.2) is 0 Å². The number of hydrogen-bond acceptors (Lipinski definition) is 0. The van der Waals surface area contributed by atoms with Crippen LogP contribution in [0.2, 0.25) is 0 Å². The molecule has 0 aliphatic carbocycles. The van der Waals surface area contributed by atoms with Gasteiger partial charge in [-0.15, -0.1) is 0 Å². The molecule has 0 saturated heterocycles. The molecule has 0 radical (unpaired) electrons. The van der Waals surface area contributed by atoms with Gasteiger partial charge in [-0.3, -0.25) is 0 Å². The van der Waals surface area contributed by atoms with Gasteiger partial charge in [-0.2, -0.15) is 0 Å². The van der Waals surface area contributed by atoms with E-state index in [1.54, 1.807) is 0 Å². The van der Waals surface area contributed by atoms with Crippen LogP contribution in [0.4, 0.5) is 0 Å². The van der Waals surface area contributed by atoms with Gasteiger partial charge >= 0.3 is 0 Å². The monoisotopic (exact) mass is 1050 g/mol. The Kier molecular flexibility index (Phi) is 15.0. The Balaban J connectivity index is 1.09. The van der Waals surface area contributed by atoms with Gasteiger partial charge in [-0.1, -0.05) is 224 Å². The highest BCUT2D eigenvalue weighted by Gasteiger charge is 2.13. The van der Waals surface area contributed by atoms with Gasteiger partial charge in [0.15, 0.2) is 0 Å². The molecule has 0 spiro atoms. The number of unbranched alkanes of at least 4 members (excludes halogenated alkanes) is 10. The summed E-state index contributed by atoms with van der Waals surface area (Å²) >= 11 is 0. The Hall–Kier alpha value is -9.48. The van der Waals surface area contributed by atoms with E-state index in [2.05, 4.69) is 257 Å². The summed E-state index contributed by atoms with van der Waals surface area (Å²) in [5.74, 6) is 0. The smallest absolute Gasteiger partial charge is 0.0334 e. The Morgan fingerprint density at radius 2 is 0.463 bits per heavy atom. The lowest BCUT2D eigenvalue weighted by Crippen LogP contribution is -1.92. The lowest BCUT2D eigenvalue weighted by Gasteiger charge is -2.13. The highest BCUT2D eigenvalue weighted by atomic mass is 14.2. The van der Waals surface area contributed by atoms with E-state index in [9.17, 15) is 0 Å². The second-order valence-electron chi connectivity index (χ2n) is 22.4. The van der Waals surface area contributed by atoms with Gasteiger partial charge in [-0.25, -0.2) is 0 Å². The van der Waals surface area contributed by atoms with E-state index >= 15 is 0 Å². The van der Waals surface area contributed by atoms with Crippen molar-refractivity contribution in [2.75, 3.05) is 0 Å². The van der Waals surface area contributed by atoms with E-state index < -0.39 is 0 Å². The average molecular weight is 1050 g/mol. The Morgan fingerprint density at radius 3 is 0.768 bits per heavy atom. The molecular formula is C82H64. The molecule has 0 aliphatic rings. The average Bonchev–Trinajstić information content (AvgIpc) is 3.67. The van der Waals surface area contributed by atoms with Gasteiger partial charge in [0.1, 0.15) is 0 Å². The Morgan fingerprint density at radius 1 is 0.220 bits per heavy atom. The maximum Gasteiger partial charge on any atom is 0.0334 e. The fraction of sp³-hybridized carbons (Fsp3) is 0.195. The summed E-state index contributed by atoms with van der Waals surface area (Å²) < 4.78 is 0. The fourth-order valence-electron chi connectivity index (χ4n) is 12.8. The van der Waals surface area contributed by atoms with Crippen LogP contribution in [0.25, 0.3) is 129 Å². The maximum atomic E-state index is 3.81. The molecule has 0 heterocycles. The first-order valence-electron chi connectivity index (χ1n) is 30.0. The molecule has 0 saturated carbocycles. The number of rotatable bonds is 14. The molecule has 13 rings (SSSR count). The third-order valence-corrected chi connectivity index (χ3v) is 17.1. The van der Waals surface area contributed by atoms with Crippen molar-refractivity contribution in [3.63, 3.8) is 0 Å². The van der Waals surface area contributed by atoms with Gasteiger partial charge in [-0.05, 0) is 220 Å². The van der Waals surface area contributed by atoms with Crippen molar-refractivity contribution >= 4 is 129 Å². The van der Waals surface area contributed by atoms with Gasteiger partial charge in [0.25, 0.3) is 0 Å². The fourth-order valence-corrected chi connectivity index (χ4v) is 12.8. The van der Waals surface area contributed by atoms with Crippen LogP contribution in [0.3, 0.4) is 0 Å². The Labute approximate surface area is 484 Å². The molecule has 0 amide bonds. The van der Waals surface area contributed by atoms with Crippen LogP contribution < -0.4 is 0 Å². The molecule has 0 aliphatic heterocycles. The van der Waals surface area contributed by atoms with Crippen LogP contribution in [0.15, 0.2) is 182 Å². The number of benzene rings is 12. The summed E-state index contributed by atoms with van der Waals surface area (Å²) in [6.45, 7) is 4.58. The minimum absolute atomic E-state index is 0.939. The van der Waals surface area contributed by atoms with Gasteiger partial charge in [0.05, 0.1) is 0 Å². The predicted octanol–water partition coefficient (Wildman–Crippen LogP) is 22.7. The molecule has 0 unspecified atom stereocenters. The minimum Gasteiger partial charge on any atom is -0.0654 e. The molecule has 0 aromatic heterocycles. The third kappa shape index (κ3) is 10.5. The molecule has 0 heteroatoms. The van der Waals surface area contributed by atoms with E-state index in [1.165, 1.54) is 118 Å². The predicted molar refractivity (Wildman–Crippen MR) is 352 cm³/mol. The van der Waals surface area contributed by atoms with E-state index in [1.807, 2.05) is 0 Å². The van der Waals surface area contributed by atoms with Crippen molar-refractivity contribution in [3.8, 4) is 0 Å². The first-order valence-corrected chi connectivity index (χ1v) is 30.0. The second kappa shape index (κ2) is 23.7. The zero-order chi connectivity index (χ0) is 55.2. The lowest BCUT2D eigenvalue weighted by atomic mass is 9.91. The van der Waals surface area contributed by atoms with Crippen molar-refractivity contribution in [2.24, 2.45) is 0 Å². The van der Waals surface area contributed by atoms with Crippen molar-refractivity contribution in [1.29, 1.82) is 0 Å². The first kappa shape index (κ1) is 51.9. The van der Waals surface area contributed by atoms with E-state index in [0.717, 1.165) is 112 Å². The van der Waals surface area contributed by atoms with Crippen LogP contribution in [0, 0.1) is 60.7 Å². The van der Waals surface area contributed by atoms with Crippen molar-refractivity contribution in [1.82, 2.24) is 0 Å². The molecule has 392 valence electrons. The first-order chi connectivity index (χ1) is 40.6. The molecule has 13 aromatic rings.